The third-order valence-electron chi connectivity index (χ3n) is 4.26. The molecular weight excluding hydrogens is 278 g/mol. The van der Waals surface area contributed by atoms with Crippen LogP contribution in [0.5, 0.6) is 0 Å². The molecule has 0 unspecified atom stereocenters. The first kappa shape index (κ1) is 13.1. The molecule has 1 saturated heterocycles. The quantitative estimate of drug-likeness (QED) is 0.786. The summed E-state index contributed by atoms with van der Waals surface area (Å²) in [4.78, 5) is 19.0. The van der Waals surface area contributed by atoms with E-state index in [0.717, 1.165) is 29.9 Å². The van der Waals surface area contributed by atoms with Crippen molar-refractivity contribution in [3.63, 3.8) is 0 Å². The molecule has 3 aromatic heterocycles. The van der Waals surface area contributed by atoms with Crippen molar-refractivity contribution < 1.29 is 4.79 Å². The lowest BCUT2D eigenvalue weighted by atomic mass is 10.1. The zero-order valence-corrected chi connectivity index (χ0v) is 12.4. The van der Waals surface area contributed by atoms with Crippen molar-refractivity contribution in [2.45, 2.75) is 19.3 Å². The number of carbonyl (C=O) groups is 1. The minimum Gasteiger partial charge on any atom is -0.337 e. The predicted octanol–water partition coefficient (Wildman–Crippen LogP) is 2.00. The summed E-state index contributed by atoms with van der Waals surface area (Å²) in [6, 6.07) is 5.91. The minimum absolute atomic E-state index is 0.00312. The molecule has 4 heterocycles. The predicted molar refractivity (Wildman–Crippen MR) is 81.8 cm³/mol. The second-order valence-corrected chi connectivity index (χ2v) is 5.85. The molecule has 112 valence electrons. The smallest absolute Gasteiger partial charge is 0.274 e. The van der Waals surface area contributed by atoms with Crippen LogP contribution in [0.1, 0.15) is 34.1 Å². The van der Waals surface area contributed by atoms with E-state index in [1.54, 1.807) is 6.20 Å². The molecule has 1 fully saturated rings. The summed E-state index contributed by atoms with van der Waals surface area (Å²) in [6.07, 6.45) is 6.51. The Morgan fingerprint density at radius 3 is 3.05 bits per heavy atom. The van der Waals surface area contributed by atoms with Crippen LogP contribution < -0.4 is 0 Å². The van der Waals surface area contributed by atoms with Gasteiger partial charge in [0.25, 0.3) is 5.91 Å². The van der Waals surface area contributed by atoms with E-state index < -0.39 is 0 Å². The molecule has 0 aromatic carbocycles. The van der Waals surface area contributed by atoms with Crippen molar-refractivity contribution in [1.82, 2.24) is 24.5 Å². The number of nitrogens with one attached hydrogen (secondary N) is 1. The largest absolute Gasteiger partial charge is 0.337 e. The molecule has 0 saturated carbocycles. The Hall–Kier alpha value is -2.63. The Morgan fingerprint density at radius 1 is 1.32 bits per heavy atom. The molecule has 1 amide bonds. The Bertz CT molecular complexity index is 820. The molecule has 4 rings (SSSR count). The highest BCUT2D eigenvalue weighted by molar-refractivity contribution is 5.93. The van der Waals surface area contributed by atoms with Gasteiger partial charge >= 0.3 is 0 Å². The van der Waals surface area contributed by atoms with Crippen molar-refractivity contribution in [2.75, 3.05) is 13.1 Å². The lowest BCUT2D eigenvalue weighted by Gasteiger charge is -2.14. The van der Waals surface area contributed by atoms with Gasteiger partial charge in [-0.25, -0.2) is 4.98 Å². The Kier molecular flexibility index (Phi) is 2.96. The van der Waals surface area contributed by atoms with E-state index in [0.29, 0.717) is 18.2 Å². The van der Waals surface area contributed by atoms with E-state index in [9.17, 15) is 4.79 Å². The summed E-state index contributed by atoms with van der Waals surface area (Å²) in [6.45, 7) is 3.50. The van der Waals surface area contributed by atoms with Crippen LogP contribution in [0.2, 0.25) is 0 Å². The zero-order valence-electron chi connectivity index (χ0n) is 12.4. The number of hydrogen-bond donors (Lipinski definition) is 1. The van der Waals surface area contributed by atoms with E-state index in [-0.39, 0.29) is 5.91 Å². The van der Waals surface area contributed by atoms with Gasteiger partial charge in [-0.2, -0.15) is 5.10 Å². The minimum atomic E-state index is 0.00312. The molecular formula is C16H17N5O. The highest BCUT2D eigenvalue weighted by Gasteiger charge is 2.29. The third kappa shape index (κ3) is 2.16. The molecule has 1 aliphatic heterocycles. The average molecular weight is 295 g/mol. The van der Waals surface area contributed by atoms with Crippen molar-refractivity contribution in [1.29, 1.82) is 0 Å². The van der Waals surface area contributed by atoms with Gasteiger partial charge < -0.3 is 9.30 Å². The second-order valence-electron chi connectivity index (χ2n) is 5.85. The number of amides is 1. The zero-order chi connectivity index (χ0) is 15.1. The van der Waals surface area contributed by atoms with Crippen molar-refractivity contribution in [3.05, 3.63) is 53.7 Å². The van der Waals surface area contributed by atoms with E-state index in [1.807, 2.05) is 46.8 Å². The topological polar surface area (TPSA) is 66.3 Å². The van der Waals surface area contributed by atoms with Crippen molar-refractivity contribution in [2.24, 2.45) is 0 Å². The summed E-state index contributed by atoms with van der Waals surface area (Å²) >= 11 is 0. The second kappa shape index (κ2) is 4.98. The number of fused-ring (bicyclic) bond motifs is 1. The van der Waals surface area contributed by atoms with Gasteiger partial charge in [-0.15, -0.1) is 0 Å². The highest BCUT2D eigenvalue weighted by atomic mass is 16.2. The first-order valence-electron chi connectivity index (χ1n) is 7.44. The van der Waals surface area contributed by atoms with E-state index >= 15 is 0 Å². The summed E-state index contributed by atoms with van der Waals surface area (Å²) in [5, 5.41) is 6.99. The van der Waals surface area contributed by atoms with Gasteiger partial charge in [-0.05, 0) is 31.0 Å². The fourth-order valence-corrected chi connectivity index (χ4v) is 3.06. The molecule has 6 heteroatoms. The normalized spacial score (nSPS) is 18.2. The number of nitrogens with zero attached hydrogens (tertiary/aromatic N) is 4. The summed E-state index contributed by atoms with van der Waals surface area (Å²) < 4.78 is 1.91. The molecule has 0 spiro atoms. The average Bonchev–Trinajstić information content (AvgIpc) is 3.24. The number of likely N-dealkylation sites (tertiary alicyclic amines) is 1. The Labute approximate surface area is 127 Å². The number of rotatable bonds is 2. The number of imidazole rings is 1. The molecule has 3 aromatic rings. The molecule has 1 N–H and O–H groups in total. The maximum Gasteiger partial charge on any atom is 0.274 e. The number of aromatic nitrogens is 4. The number of H-pyrrole nitrogens is 1. The SMILES string of the molecule is Cc1ccc2nc(C(=O)N3CC[C@H](c4ccn[nH]4)C3)cn2c1. The monoisotopic (exact) mass is 295 g/mol. The van der Waals surface area contributed by atoms with Crippen LogP contribution in [0.4, 0.5) is 0 Å². The summed E-state index contributed by atoms with van der Waals surface area (Å²) in [7, 11) is 0. The molecule has 6 nitrogen and oxygen atoms in total. The van der Waals surface area contributed by atoms with E-state index in [1.165, 1.54) is 0 Å². The van der Waals surface area contributed by atoms with Gasteiger partial charge in [0.15, 0.2) is 0 Å². The number of aryl methyl sites for hydroxylation is 1. The number of hydrogen-bond acceptors (Lipinski definition) is 3. The van der Waals surface area contributed by atoms with Gasteiger partial charge in [-0.3, -0.25) is 9.89 Å². The van der Waals surface area contributed by atoms with Crippen LogP contribution in [0.15, 0.2) is 36.8 Å². The third-order valence-corrected chi connectivity index (χ3v) is 4.26. The van der Waals surface area contributed by atoms with E-state index in [4.69, 9.17) is 0 Å². The molecule has 1 aliphatic rings. The number of carbonyl (C=O) groups excluding carboxylic acids is 1. The van der Waals surface area contributed by atoms with Crippen molar-refractivity contribution >= 4 is 11.6 Å². The van der Waals surface area contributed by atoms with Gasteiger partial charge in [0.1, 0.15) is 11.3 Å². The van der Waals surface area contributed by atoms with Crippen LogP contribution >= 0.6 is 0 Å². The fraction of sp³-hybridized carbons (Fsp3) is 0.312. The Balaban J connectivity index is 1.56. The van der Waals surface area contributed by atoms with Crippen LogP contribution in [0, 0.1) is 6.92 Å². The molecule has 22 heavy (non-hydrogen) atoms. The van der Waals surface area contributed by atoms with Crippen LogP contribution in [-0.2, 0) is 0 Å². The highest BCUT2D eigenvalue weighted by Crippen LogP contribution is 2.26. The maximum absolute atomic E-state index is 12.6. The first-order chi connectivity index (χ1) is 10.7. The molecule has 1 atom stereocenters. The lowest BCUT2D eigenvalue weighted by Crippen LogP contribution is -2.28. The van der Waals surface area contributed by atoms with Gasteiger partial charge in [-0.1, -0.05) is 6.07 Å². The van der Waals surface area contributed by atoms with Crippen LogP contribution in [0.3, 0.4) is 0 Å². The fourth-order valence-electron chi connectivity index (χ4n) is 3.06. The first-order valence-corrected chi connectivity index (χ1v) is 7.44. The van der Waals surface area contributed by atoms with Crippen molar-refractivity contribution in [3.8, 4) is 0 Å². The molecule has 0 bridgehead atoms. The summed E-state index contributed by atoms with van der Waals surface area (Å²) in [5.41, 5.74) is 3.56. The lowest BCUT2D eigenvalue weighted by molar-refractivity contribution is 0.0785. The van der Waals surface area contributed by atoms with Gasteiger partial charge in [0.2, 0.25) is 0 Å². The van der Waals surface area contributed by atoms with Crippen LogP contribution in [0.25, 0.3) is 5.65 Å². The van der Waals surface area contributed by atoms with E-state index in [2.05, 4.69) is 15.2 Å². The Morgan fingerprint density at radius 2 is 2.23 bits per heavy atom. The molecule has 0 radical (unpaired) electrons. The summed E-state index contributed by atoms with van der Waals surface area (Å²) in [5.74, 6) is 0.342. The number of pyridine rings is 1. The molecule has 0 aliphatic carbocycles. The van der Waals surface area contributed by atoms with Crippen LogP contribution in [-0.4, -0.2) is 43.5 Å². The standard InChI is InChI=1S/C16H17N5O/c1-11-2-3-15-18-14(10-21(15)8-11)16(22)20-7-5-12(9-20)13-4-6-17-19-13/h2-4,6,8,10,12H,5,7,9H2,1H3,(H,17,19)/t12-/m0/s1. The van der Waals surface area contributed by atoms with Gasteiger partial charge in [0.05, 0.1) is 0 Å². The van der Waals surface area contributed by atoms with Gasteiger partial charge in [0, 0.05) is 43.3 Å². The maximum atomic E-state index is 12.6. The number of aromatic amines is 1.